The molecule has 1 aromatic carbocycles. The van der Waals surface area contributed by atoms with Crippen LogP contribution in [-0.2, 0) is 9.84 Å². The second-order valence-electron chi connectivity index (χ2n) is 5.70. The van der Waals surface area contributed by atoms with E-state index in [0.29, 0.717) is 18.8 Å². The first kappa shape index (κ1) is 17.5. The lowest BCUT2D eigenvalue weighted by Gasteiger charge is -2.28. The van der Waals surface area contributed by atoms with Crippen molar-refractivity contribution < 1.29 is 13.3 Å². The average molecular weight is 316 g/mol. The predicted octanol–water partition coefficient (Wildman–Crippen LogP) is 1.30. The van der Waals surface area contributed by atoms with E-state index >= 15 is 0 Å². The summed E-state index contributed by atoms with van der Waals surface area (Å²) in [5.74, 6) is 0. The minimum atomic E-state index is -3.54. The zero-order valence-corrected chi connectivity index (χ0v) is 13.6. The summed E-state index contributed by atoms with van der Waals surface area (Å²) in [7, 11) is 0.0513. The maximum absolute atomic E-state index is 12.1. The van der Waals surface area contributed by atoms with E-state index in [1.165, 1.54) is 12.1 Å². The first-order valence-electron chi connectivity index (χ1n) is 6.60. The van der Waals surface area contributed by atoms with Gasteiger partial charge in [-0.25, -0.2) is 8.42 Å². The van der Waals surface area contributed by atoms with Crippen molar-refractivity contribution >= 4 is 21.2 Å². The Morgan fingerprint density at radius 1 is 1.33 bits per heavy atom. The lowest BCUT2D eigenvalue weighted by molar-refractivity contribution is -0.384. The average Bonchev–Trinajstić information content (AvgIpc) is 2.37. The number of likely N-dealkylation sites (N-methyl/N-ethyl adjacent to an activating group) is 1. The van der Waals surface area contributed by atoms with Crippen LogP contribution in [0.25, 0.3) is 0 Å². The van der Waals surface area contributed by atoms with E-state index < -0.39 is 20.0 Å². The Bertz CT molecular complexity index is 639. The minimum absolute atomic E-state index is 0.0271. The number of benzene rings is 1. The van der Waals surface area contributed by atoms with Gasteiger partial charge in [0.05, 0.1) is 35.7 Å². The van der Waals surface area contributed by atoms with Gasteiger partial charge in [-0.1, -0.05) is 0 Å². The van der Waals surface area contributed by atoms with Crippen LogP contribution < -0.4 is 10.2 Å². The molecule has 8 heteroatoms. The van der Waals surface area contributed by atoms with Gasteiger partial charge in [-0.15, -0.1) is 0 Å². The highest BCUT2D eigenvalue weighted by Gasteiger charge is 2.31. The molecule has 0 spiro atoms. The number of nitrogens with zero attached hydrogens (tertiary/aromatic N) is 2. The van der Waals surface area contributed by atoms with Crippen molar-refractivity contribution in [3.05, 3.63) is 28.3 Å². The van der Waals surface area contributed by atoms with Crippen molar-refractivity contribution in [2.24, 2.45) is 5.73 Å². The van der Waals surface area contributed by atoms with Gasteiger partial charge in [0.25, 0.3) is 0 Å². The van der Waals surface area contributed by atoms with Gasteiger partial charge >= 0.3 is 5.69 Å². The van der Waals surface area contributed by atoms with Crippen molar-refractivity contribution in [1.29, 1.82) is 0 Å². The van der Waals surface area contributed by atoms with Gasteiger partial charge < -0.3 is 5.73 Å². The highest BCUT2D eigenvalue weighted by molar-refractivity contribution is 7.92. The van der Waals surface area contributed by atoms with Crippen LogP contribution in [0.15, 0.2) is 23.1 Å². The predicted molar refractivity (Wildman–Crippen MR) is 83.0 cm³/mol. The molecule has 0 bridgehead atoms. The van der Waals surface area contributed by atoms with Crippen molar-refractivity contribution in [1.82, 2.24) is 4.48 Å². The molecule has 0 heterocycles. The van der Waals surface area contributed by atoms with E-state index in [1.807, 2.05) is 0 Å². The zero-order valence-electron chi connectivity index (χ0n) is 12.7. The summed E-state index contributed by atoms with van der Waals surface area (Å²) < 4.78 is 24.5. The van der Waals surface area contributed by atoms with Gasteiger partial charge in [-0.3, -0.25) is 14.6 Å². The van der Waals surface area contributed by atoms with Gasteiger partial charge in [0.1, 0.15) is 0 Å². The maximum atomic E-state index is 12.1. The lowest BCUT2D eigenvalue weighted by atomic mass is 10.2. The quantitative estimate of drug-likeness (QED) is 0.484. The molecule has 0 fully saturated rings. The minimum Gasteiger partial charge on any atom is -0.326 e. The molecule has 0 unspecified atom stereocenters. The molecule has 0 amide bonds. The summed E-state index contributed by atoms with van der Waals surface area (Å²) in [6, 6.07) is 4.07. The Hall–Kier alpha value is -1.51. The third-order valence-corrected chi connectivity index (χ3v) is 5.59. The fraction of sp³-hybridized carbons (Fsp3) is 0.538. The molecule has 0 aliphatic rings. The fourth-order valence-corrected chi connectivity index (χ4v) is 3.13. The summed E-state index contributed by atoms with van der Waals surface area (Å²) in [6.45, 7) is 3.97. The van der Waals surface area contributed by atoms with E-state index in [2.05, 4.69) is 0 Å². The van der Waals surface area contributed by atoms with Gasteiger partial charge in [-0.2, -0.15) is 0 Å². The summed E-state index contributed by atoms with van der Waals surface area (Å²) in [5, 5.41) is 10.7. The number of hydrogen-bond acceptors (Lipinski definition) is 5. The zero-order chi connectivity index (χ0) is 16.4. The highest BCUT2D eigenvalue weighted by atomic mass is 32.2. The van der Waals surface area contributed by atoms with Crippen LogP contribution in [0.4, 0.5) is 11.4 Å². The Balaban J connectivity index is 3.50. The van der Waals surface area contributed by atoms with E-state index in [-0.39, 0.29) is 15.1 Å². The van der Waals surface area contributed by atoms with Gasteiger partial charge in [-0.05, 0) is 19.9 Å². The Kier molecular flexibility index (Phi) is 5.08. The molecule has 0 aliphatic heterocycles. The van der Waals surface area contributed by atoms with Crippen molar-refractivity contribution in [2.45, 2.75) is 24.0 Å². The van der Waals surface area contributed by atoms with Crippen molar-refractivity contribution in [3.8, 4) is 0 Å². The number of sulfone groups is 1. The summed E-state index contributed by atoms with van der Waals surface area (Å²) in [6.07, 6.45) is 0. The molecule has 1 rings (SSSR count). The summed E-state index contributed by atoms with van der Waals surface area (Å²) in [4.78, 5) is 10.7. The number of nitrogens with two attached hydrogens (primary N) is 1. The van der Waals surface area contributed by atoms with Crippen LogP contribution >= 0.6 is 0 Å². The van der Waals surface area contributed by atoms with Gasteiger partial charge in [0, 0.05) is 18.7 Å². The molecule has 118 valence electrons. The molecule has 7 nitrogen and oxygen atoms in total. The number of hydrogen-bond donors (Lipinski definition) is 1. The molecule has 0 aliphatic carbocycles. The normalized spacial score (nSPS) is 12.7. The second kappa shape index (κ2) is 6.08. The fourth-order valence-electron chi connectivity index (χ4n) is 2.05. The first-order chi connectivity index (χ1) is 9.54. The van der Waals surface area contributed by atoms with Crippen LogP contribution in [0.1, 0.15) is 13.8 Å². The van der Waals surface area contributed by atoms with E-state index in [9.17, 15) is 18.5 Å². The molecule has 2 N–H and O–H groups in total. The van der Waals surface area contributed by atoms with Crippen LogP contribution in [0.3, 0.4) is 0 Å². The summed E-state index contributed by atoms with van der Waals surface area (Å²) >= 11 is 0. The Morgan fingerprint density at radius 3 is 2.33 bits per heavy atom. The second-order valence-corrected chi connectivity index (χ2v) is 8.20. The van der Waals surface area contributed by atoms with Crippen molar-refractivity contribution in [2.75, 3.05) is 27.2 Å². The molecule has 0 atom stereocenters. The smallest absolute Gasteiger partial charge is 0.326 e. The molecule has 0 saturated heterocycles. The maximum Gasteiger partial charge on any atom is 0.330 e. The largest absolute Gasteiger partial charge is 0.330 e. The lowest BCUT2D eigenvalue weighted by Crippen LogP contribution is -2.44. The third kappa shape index (κ3) is 3.58. The highest BCUT2D eigenvalue weighted by Crippen LogP contribution is 2.34. The van der Waals surface area contributed by atoms with Crippen LogP contribution in [-0.4, -0.2) is 45.8 Å². The van der Waals surface area contributed by atoms with Crippen molar-refractivity contribution in [3.63, 3.8) is 0 Å². The number of nitro benzene ring substituents is 1. The van der Waals surface area contributed by atoms with E-state index in [4.69, 9.17) is 5.73 Å². The molecule has 0 radical (unpaired) electrons. The van der Waals surface area contributed by atoms with Crippen LogP contribution in [0.2, 0.25) is 0 Å². The molecule has 0 aromatic heterocycles. The monoisotopic (exact) mass is 316 g/mol. The van der Waals surface area contributed by atoms with Gasteiger partial charge in [0.2, 0.25) is 5.69 Å². The number of rotatable bonds is 6. The van der Waals surface area contributed by atoms with E-state index in [1.54, 1.807) is 27.9 Å². The van der Waals surface area contributed by atoms with Gasteiger partial charge in [0.15, 0.2) is 9.84 Å². The van der Waals surface area contributed by atoms with Crippen LogP contribution in [0.5, 0.6) is 0 Å². The molecule has 1 aromatic rings. The third-order valence-electron chi connectivity index (χ3n) is 3.43. The molecular formula is C13H22N3O4S+. The molecule has 21 heavy (non-hydrogen) atoms. The Morgan fingerprint density at radius 2 is 1.90 bits per heavy atom. The Labute approximate surface area is 125 Å². The SMILES string of the molecule is CC(C)S(=O)(=O)c1ccc([N+](C)(C)CCN)c([N+](=O)[O-])c1. The topological polar surface area (TPSA) is 103 Å². The molecule has 0 saturated carbocycles. The number of nitro groups is 1. The van der Waals surface area contributed by atoms with E-state index in [0.717, 1.165) is 6.07 Å². The number of quaternary nitrogens is 1. The standard InChI is InChI=1S/C13H22N3O4S/c1-10(2)21(19,20)11-5-6-13(12(9-11)15(17)18)16(3,4)8-7-14/h5-6,9-10H,7-8,14H2,1-4H3/q+1. The summed E-state index contributed by atoms with van der Waals surface area (Å²) in [5.41, 5.74) is 5.77. The van der Waals surface area contributed by atoms with Crippen LogP contribution in [0, 0.1) is 10.1 Å². The first-order valence-corrected chi connectivity index (χ1v) is 8.14. The molecular weight excluding hydrogens is 294 g/mol.